The number of carboxylic acids is 1. The van der Waals surface area contributed by atoms with Crippen molar-refractivity contribution in [2.24, 2.45) is 17.1 Å². The van der Waals surface area contributed by atoms with E-state index in [9.17, 15) is 14.7 Å². The molecule has 120 valence electrons. The van der Waals surface area contributed by atoms with E-state index in [1.807, 2.05) is 11.8 Å². The Hall–Kier alpha value is -1.30. The lowest BCUT2D eigenvalue weighted by Crippen LogP contribution is -2.53. The second kappa shape index (κ2) is 6.64. The summed E-state index contributed by atoms with van der Waals surface area (Å²) in [5.74, 6) is -0.373. The Bertz CT molecular complexity index is 398. The number of nitrogens with zero attached hydrogens (tertiary/aromatic N) is 2. The molecule has 0 aromatic carbocycles. The number of nitrogens with two attached hydrogens (primary N) is 1. The third kappa shape index (κ3) is 3.31. The predicted molar refractivity (Wildman–Crippen MR) is 79.9 cm³/mol. The van der Waals surface area contributed by atoms with Crippen molar-refractivity contribution in [3.8, 4) is 0 Å². The highest BCUT2D eigenvalue weighted by Gasteiger charge is 2.44. The Morgan fingerprint density at radius 1 is 1.33 bits per heavy atom. The number of likely N-dealkylation sites (tertiary alicyclic amines) is 2. The zero-order chi connectivity index (χ0) is 15.5. The maximum absolute atomic E-state index is 12.6. The molecule has 0 aromatic heterocycles. The van der Waals surface area contributed by atoms with Crippen LogP contribution in [-0.4, -0.2) is 59.6 Å². The minimum atomic E-state index is -0.761. The number of piperidine rings is 1. The van der Waals surface area contributed by atoms with Crippen LogP contribution in [0.4, 0.5) is 4.79 Å². The number of carbonyl (C=O) groups is 2. The first-order valence-electron chi connectivity index (χ1n) is 7.99. The summed E-state index contributed by atoms with van der Waals surface area (Å²) in [6, 6.07) is -0.00706. The smallest absolute Gasteiger partial charge is 0.320 e. The number of carboxylic acid groups (broad SMARTS) is 1. The fourth-order valence-electron chi connectivity index (χ4n) is 3.66. The van der Waals surface area contributed by atoms with Gasteiger partial charge in [0.2, 0.25) is 0 Å². The molecule has 0 bridgehead atoms. The van der Waals surface area contributed by atoms with E-state index in [1.165, 1.54) is 0 Å². The maximum atomic E-state index is 12.6. The summed E-state index contributed by atoms with van der Waals surface area (Å²) in [4.78, 5) is 27.9. The molecular formula is C15H27N3O3. The quantitative estimate of drug-likeness (QED) is 0.820. The van der Waals surface area contributed by atoms with E-state index in [0.717, 1.165) is 25.8 Å². The van der Waals surface area contributed by atoms with Gasteiger partial charge in [0.15, 0.2) is 0 Å². The van der Waals surface area contributed by atoms with Gasteiger partial charge in [-0.15, -0.1) is 0 Å². The maximum Gasteiger partial charge on any atom is 0.320 e. The van der Waals surface area contributed by atoms with Crippen LogP contribution in [0.3, 0.4) is 0 Å². The number of hydrogen-bond donors (Lipinski definition) is 2. The van der Waals surface area contributed by atoms with Gasteiger partial charge < -0.3 is 20.6 Å². The molecule has 3 N–H and O–H groups in total. The van der Waals surface area contributed by atoms with Crippen molar-refractivity contribution in [2.45, 2.75) is 39.0 Å². The molecule has 2 aliphatic rings. The van der Waals surface area contributed by atoms with Crippen LogP contribution in [-0.2, 0) is 4.79 Å². The minimum Gasteiger partial charge on any atom is -0.481 e. The third-order valence-electron chi connectivity index (χ3n) is 4.92. The molecule has 2 amide bonds. The van der Waals surface area contributed by atoms with E-state index < -0.39 is 11.4 Å². The zero-order valence-electron chi connectivity index (χ0n) is 12.9. The van der Waals surface area contributed by atoms with Gasteiger partial charge in [0.1, 0.15) is 0 Å². The minimum absolute atomic E-state index is 0.00706. The van der Waals surface area contributed by atoms with Crippen molar-refractivity contribution >= 4 is 12.0 Å². The van der Waals surface area contributed by atoms with Crippen LogP contribution in [0.15, 0.2) is 0 Å². The molecule has 6 nitrogen and oxygen atoms in total. The number of aliphatic carboxylic acids is 1. The summed E-state index contributed by atoms with van der Waals surface area (Å²) in [6.07, 6.45) is 3.86. The number of hydrogen-bond acceptors (Lipinski definition) is 3. The summed E-state index contributed by atoms with van der Waals surface area (Å²) >= 11 is 0. The number of urea groups is 1. The van der Waals surface area contributed by atoms with Crippen LogP contribution in [0.1, 0.15) is 39.0 Å². The molecule has 2 atom stereocenters. The molecule has 2 unspecified atom stereocenters. The van der Waals surface area contributed by atoms with Gasteiger partial charge in [0.05, 0.1) is 5.41 Å². The first-order valence-corrected chi connectivity index (χ1v) is 7.99. The van der Waals surface area contributed by atoms with Gasteiger partial charge in [-0.1, -0.05) is 13.3 Å². The Labute approximate surface area is 126 Å². The lowest BCUT2D eigenvalue weighted by atomic mass is 9.76. The highest BCUT2D eigenvalue weighted by Crippen LogP contribution is 2.35. The van der Waals surface area contributed by atoms with Crippen molar-refractivity contribution in [2.75, 3.05) is 32.7 Å². The average Bonchev–Trinajstić information content (AvgIpc) is 2.96. The SMILES string of the molecule is CCCC1(C(=O)O)CCCN(C(=O)N2CCC(CN)C2)C1. The van der Waals surface area contributed by atoms with Crippen molar-refractivity contribution in [1.29, 1.82) is 0 Å². The number of rotatable bonds is 4. The van der Waals surface area contributed by atoms with E-state index in [2.05, 4.69) is 0 Å². The van der Waals surface area contributed by atoms with Gasteiger partial charge in [-0.2, -0.15) is 0 Å². The van der Waals surface area contributed by atoms with Gasteiger partial charge in [-0.25, -0.2) is 4.79 Å². The summed E-state index contributed by atoms with van der Waals surface area (Å²) in [5, 5.41) is 9.60. The van der Waals surface area contributed by atoms with Crippen LogP contribution in [0, 0.1) is 11.3 Å². The molecule has 0 aliphatic carbocycles. The fourth-order valence-corrected chi connectivity index (χ4v) is 3.66. The topological polar surface area (TPSA) is 86.9 Å². The Balaban J connectivity index is 2.03. The molecule has 2 aliphatic heterocycles. The normalized spacial score (nSPS) is 29.7. The molecule has 2 rings (SSSR count). The summed E-state index contributed by atoms with van der Waals surface area (Å²) < 4.78 is 0. The van der Waals surface area contributed by atoms with Crippen LogP contribution in [0.5, 0.6) is 0 Å². The van der Waals surface area contributed by atoms with Crippen molar-refractivity contribution in [1.82, 2.24) is 9.80 Å². The van der Waals surface area contributed by atoms with Gasteiger partial charge in [0.25, 0.3) is 0 Å². The zero-order valence-corrected chi connectivity index (χ0v) is 12.9. The fraction of sp³-hybridized carbons (Fsp3) is 0.867. The first kappa shape index (κ1) is 16.1. The highest BCUT2D eigenvalue weighted by molar-refractivity contribution is 5.79. The average molecular weight is 297 g/mol. The predicted octanol–water partition coefficient (Wildman–Crippen LogP) is 1.35. The monoisotopic (exact) mass is 297 g/mol. The summed E-state index contributed by atoms with van der Waals surface area (Å²) in [7, 11) is 0. The third-order valence-corrected chi connectivity index (χ3v) is 4.92. The van der Waals surface area contributed by atoms with Crippen LogP contribution >= 0.6 is 0 Å². The number of carbonyl (C=O) groups excluding carboxylic acids is 1. The molecule has 2 heterocycles. The highest BCUT2D eigenvalue weighted by atomic mass is 16.4. The molecule has 2 saturated heterocycles. The Kier molecular flexibility index (Phi) is 5.08. The van der Waals surface area contributed by atoms with Crippen molar-refractivity contribution in [3.63, 3.8) is 0 Å². The van der Waals surface area contributed by atoms with Gasteiger partial charge >= 0.3 is 12.0 Å². The molecule has 0 radical (unpaired) electrons. The standard InChI is InChI=1S/C15H27N3O3/c1-2-5-15(13(19)20)6-3-7-18(11-15)14(21)17-8-4-12(9-16)10-17/h12H,2-11,16H2,1H3,(H,19,20). The molecule has 0 spiro atoms. The Morgan fingerprint density at radius 3 is 2.67 bits per heavy atom. The van der Waals surface area contributed by atoms with Crippen LogP contribution in [0.2, 0.25) is 0 Å². The van der Waals surface area contributed by atoms with Crippen molar-refractivity contribution < 1.29 is 14.7 Å². The lowest BCUT2D eigenvalue weighted by molar-refractivity contribution is -0.152. The van der Waals surface area contributed by atoms with Gasteiger partial charge in [-0.3, -0.25) is 4.79 Å². The van der Waals surface area contributed by atoms with Gasteiger partial charge in [-0.05, 0) is 38.1 Å². The van der Waals surface area contributed by atoms with E-state index in [4.69, 9.17) is 5.73 Å². The van der Waals surface area contributed by atoms with E-state index >= 15 is 0 Å². The lowest BCUT2D eigenvalue weighted by Gasteiger charge is -2.41. The Morgan fingerprint density at radius 2 is 2.10 bits per heavy atom. The summed E-state index contributed by atoms with van der Waals surface area (Å²) in [6.45, 7) is 5.07. The largest absolute Gasteiger partial charge is 0.481 e. The van der Waals surface area contributed by atoms with Gasteiger partial charge in [0, 0.05) is 26.2 Å². The molecule has 0 saturated carbocycles. The summed E-state index contributed by atoms with van der Waals surface area (Å²) in [5.41, 5.74) is 4.91. The first-order chi connectivity index (χ1) is 10.0. The van der Waals surface area contributed by atoms with Crippen LogP contribution < -0.4 is 5.73 Å². The van der Waals surface area contributed by atoms with Crippen molar-refractivity contribution in [3.05, 3.63) is 0 Å². The second-order valence-electron chi connectivity index (χ2n) is 6.48. The number of amides is 2. The van der Waals surface area contributed by atoms with E-state index in [0.29, 0.717) is 44.9 Å². The van der Waals surface area contributed by atoms with E-state index in [-0.39, 0.29) is 6.03 Å². The van der Waals surface area contributed by atoms with E-state index in [1.54, 1.807) is 4.90 Å². The van der Waals surface area contributed by atoms with Crippen LogP contribution in [0.25, 0.3) is 0 Å². The molecule has 0 aromatic rings. The molecule has 21 heavy (non-hydrogen) atoms. The molecule has 2 fully saturated rings. The second-order valence-corrected chi connectivity index (χ2v) is 6.48. The molecular weight excluding hydrogens is 270 g/mol. The molecule has 6 heteroatoms.